The minimum atomic E-state index is -0.189. The van der Waals surface area contributed by atoms with Crippen molar-refractivity contribution in [3.8, 4) is 0 Å². The molecule has 0 spiro atoms. The fourth-order valence-corrected chi connectivity index (χ4v) is 1.89. The van der Waals surface area contributed by atoms with Gasteiger partial charge >= 0.3 is 0 Å². The Hall–Kier alpha value is -1.09. The Balaban J connectivity index is 2.74. The third-order valence-corrected chi connectivity index (χ3v) is 3.10. The molecular weight excluding hydrogens is 215 g/mol. The van der Waals surface area contributed by atoms with E-state index in [0.29, 0.717) is 6.04 Å². The molecule has 1 aromatic carbocycles. The van der Waals surface area contributed by atoms with Crippen molar-refractivity contribution >= 4 is 5.69 Å². The molecule has 96 valence electrons. The molecule has 0 heterocycles. The summed E-state index contributed by atoms with van der Waals surface area (Å²) in [5.74, 6) is -0.189. The van der Waals surface area contributed by atoms with Gasteiger partial charge in [-0.2, -0.15) is 0 Å². The van der Waals surface area contributed by atoms with Crippen molar-refractivity contribution in [3.05, 3.63) is 30.1 Å². The van der Waals surface area contributed by atoms with E-state index in [4.69, 9.17) is 0 Å². The minimum Gasteiger partial charge on any atom is -0.373 e. The van der Waals surface area contributed by atoms with E-state index in [0.717, 1.165) is 12.2 Å². The van der Waals surface area contributed by atoms with Gasteiger partial charge in [-0.3, -0.25) is 0 Å². The summed E-state index contributed by atoms with van der Waals surface area (Å²) < 4.78 is 13.1. The van der Waals surface area contributed by atoms with Crippen molar-refractivity contribution < 1.29 is 4.39 Å². The molecule has 1 aromatic rings. The van der Waals surface area contributed by atoms with E-state index in [-0.39, 0.29) is 11.2 Å². The van der Waals surface area contributed by atoms with Gasteiger partial charge in [-0.1, -0.05) is 26.8 Å². The molecule has 0 aliphatic heterocycles. The van der Waals surface area contributed by atoms with Crippen LogP contribution in [-0.2, 0) is 0 Å². The molecule has 0 bridgehead atoms. The fraction of sp³-hybridized carbons (Fsp3) is 0.571. The molecule has 1 atom stereocenters. The van der Waals surface area contributed by atoms with E-state index in [2.05, 4.69) is 31.0 Å². The highest BCUT2D eigenvalue weighted by atomic mass is 19.1. The molecule has 1 unspecified atom stereocenters. The molecule has 0 radical (unpaired) electrons. The number of hydrogen-bond acceptors (Lipinski definition) is 2. The summed E-state index contributed by atoms with van der Waals surface area (Å²) in [5.41, 5.74) is 1.09. The van der Waals surface area contributed by atoms with Gasteiger partial charge in [0.05, 0.1) is 0 Å². The fourth-order valence-electron chi connectivity index (χ4n) is 1.89. The molecule has 0 aromatic heterocycles. The summed E-state index contributed by atoms with van der Waals surface area (Å²) in [6.45, 7) is 7.46. The summed E-state index contributed by atoms with van der Waals surface area (Å²) in [6, 6.07) is 7.06. The molecule has 0 saturated carbocycles. The number of likely N-dealkylation sites (N-methyl/N-ethyl adjacent to an activating group) is 2. The highest BCUT2D eigenvalue weighted by molar-refractivity contribution is 5.45. The van der Waals surface area contributed by atoms with Crippen LogP contribution in [0.25, 0.3) is 0 Å². The monoisotopic (exact) mass is 238 g/mol. The molecule has 1 rings (SSSR count). The lowest BCUT2D eigenvalue weighted by atomic mass is 9.86. The standard InChI is InChI=1S/C14H23FN2/c1-14(2,3)13(16-4)10-17(5)12-8-6-7-11(15)9-12/h6-9,13,16H,10H2,1-5H3. The molecule has 0 fully saturated rings. The number of nitrogens with zero attached hydrogens (tertiary/aromatic N) is 1. The Kier molecular flexibility index (Phi) is 4.52. The van der Waals surface area contributed by atoms with Crippen LogP contribution in [0.1, 0.15) is 20.8 Å². The molecule has 0 aliphatic rings. The van der Waals surface area contributed by atoms with Gasteiger partial charge in [-0.05, 0) is 30.7 Å². The van der Waals surface area contributed by atoms with Crippen molar-refractivity contribution in [1.29, 1.82) is 0 Å². The summed E-state index contributed by atoms with van der Waals surface area (Å²) in [5, 5.41) is 3.32. The Labute approximate surface area is 104 Å². The van der Waals surface area contributed by atoms with Gasteiger partial charge < -0.3 is 10.2 Å². The second-order valence-electron chi connectivity index (χ2n) is 5.57. The number of rotatable bonds is 4. The Morgan fingerprint density at radius 2 is 2.00 bits per heavy atom. The molecule has 2 nitrogen and oxygen atoms in total. The predicted molar refractivity (Wildman–Crippen MR) is 72.0 cm³/mol. The number of halogens is 1. The van der Waals surface area contributed by atoms with E-state index < -0.39 is 0 Å². The second kappa shape index (κ2) is 5.50. The normalized spacial score (nSPS) is 13.5. The third kappa shape index (κ3) is 4.00. The molecular formula is C14H23FN2. The number of nitrogens with one attached hydrogen (secondary N) is 1. The summed E-state index contributed by atoms with van der Waals surface area (Å²) >= 11 is 0. The highest BCUT2D eigenvalue weighted by Crippen LogP contribution is 2.22. The zero-order valence-corrected chi connectivity index (χ0v) is 11.4. The predicted octanol–water partition coefficient (Wildman–Crippen LogP) is 2.90. The van der Waals surface area contributed by atoms with Crippen molar-refractivity contribution in [2.75, 3.05) is 25.5 Å². The first-order chi connectivity index (χ1) is 7.84. The van der Waals surface area contributed by atoms with E-state index in [1.807, 2.05) is 20.2 Å². The van der Waals surface area contributed by atoms with E-state index in [1.54, 1.807) is 12.1 Å². The van der Waals surface area contributed by atoms with Crippen molar-refractivity contribution in [2.45, 2.75) is 26.8 Å². The van der Waals surface area contributed by atoms with Crippen molar-refractivity contribution in [2.24, 2.45) is 5.41 Å². The van der Waals surface area contributed by atoms with E-state index in [1.165, 1.54) is 6.07 Å². The van der Waals surface area contributed by atoms with Gasteiger partial charge in [0.25, 0.3) is 0 Å². The van der Waals surface area contributed by atoms with Gasteiger partial charge in [-0.15, -0.1) is 0 Å². The highest BCUT2D eigenvalue weighted by Gasteiger charge is 2.24. The molecule has 1 N–H and O–H groups in total. The first kappa shape index (κ1) is 14.0. The maximum Gasteiger partial charge on any atom is 0.125 e. The van der Waals surface area contributed by atoms with Crippen molar-refractivity contribution in [1.82, 2.24) is 5.32 Å². The van der Waals surface area contributed by atoms with Crippen LogP contribution in [0, 0.1) is 11.2 Å². The van der Waals surface area contributed by atoms with Crippen LogP contribution in [0.3, 0.4) is 0 Å². The summed E-state index contributed by atoms with van der Waals surface area (Å²) in [6.07, 6.45) is 0. The molecule has 0 aliphatic carbocycles. The Morgan fingerprint density at radius 3 is 2.47 bits per heavy atom. The van der Waals surface area contributed by atoms with Crippen LogP contribution in [0.5, 0.6) is 0 Å². The lowest BCUT2D eigenvalue weighted by Crippen LogP contribution is -2.46. The van der Waals surface area contributed by atoms with Crippen LogP contribution in [0.15, 0.2) is 24.3 Å². The van der Waals surface area contributed by atoms with Gasteiger partial charge in [0.15, 0.2) is 0 Å². The van der Waals surface area contributed by atoms with Gasteiger partial charge in [0, 0.05) is 25.3 Å². The summed E-state index contributed by atoms with van der Waals surface area (Å²) in [4.78, 5) is 2.08. The Bertz CT molecular complexity index is 357. The number of anilines is 1. The van der Waals surface area contributed by atoms with Gasteiger partial charge in [0.2, 0.25) is 0 Å². The largest absolute Gasteiger partial charge is 0.373 e. The maximum atomic E-state index is 13.1. The van der Waals surface area contributed by atoms with Crippen LogP contribution in [-0.4, -0.2) is 26.7 Å². The van der Waals surface area contributed by atoms with Gasteiger partial charge in [0.1, 0.15) is 5.82 Å². The lowest BCUT2D eigenvalue weighted by Gasteiger charge is -2.34. The topological polar surface area (TPSA) is 15.3 Å². The molecule has 0 amide bonds. The smallest absolute Gasteiger partial charge is 0.125 e. The van der Waals surface area contributed by atoms with Crippen LogP contribution >= 0.6 is 0 Å². The average Bonchev–Trinajstić information content (AvgIpc) is 2.23. The lowest BCUT2D eigenvalue weighted by molar-refractivity contribution is 0.285. The quantitative estimate of drug-likeness (QED) is 0.867. The van der Waals surface area contributed by atoms with E-state index in [9.17, 15) is 4.39 Å². The third-order valence-electron chi connectivity index (χ3n) is 3.10. The second-order valence-corrected chi connectivity index (χ2v) is 5.57. The maximum absolute atomic E-state index is 13.1. The van der Waals surface area contributed by atoms with Gasteiger partial charge in [-0.25, -0.2) is 4.39 Å². The first-order valence-corrected chi connectivity index (χ1v) is 5.98. The Morgan fingerprint density at radius 1 is 1.35 bits per heavy atom. The average molecular weight is 238 g/mol. The summed E-state index contributed by atoms with van der Waals surface area (Å²) in [7, 11) is 3.96. The SMILES string of the molecule is CNC(CN(C)c1cccc(F)c1)C(C)(C)C. The van der Waals surface area contributed by atoms with Crippen molar-refractivity contribution in [3.63, 3.8) is 0 Å². The van der Waals surface area contributed by atoms with E-state index >= 15 is 0 Å². The number of hydrogen-bond donors (Lipinski definition) is 1. The minimum absolute atomic E-state index is 0.177. The number of benzene rings is 1. The zero-order chi connectivity index (χ0) is 13.1. The van der Waals surface area contributed by atoms with Crippen LogP contribution in [0.2, 0.25) is 0 Å². The molecule has 3 heteroatoms. The first-order valence-electron chi connectivity index (χ1n) is 5.98. The van der Waals surface area contributed by atoms with Crippen LogP contribution < -0.4 is 10.2 Å². The molecule has 0 saturated heterocycles. The zero-order valence-electron chi connectivity index (χ0n) is 11.4. The van der Waals surface area contributed by atoms with Crippen LogP contribution in [0.4, 0.5) is 10.1 Å². The molecule has 17 heavy (non-hydrogen) atoms.